The Morgan fingerprint density at radius 1 is 1.36 bits per heavy atom. The summed E-state index contributed by atoms with van der Waals surface area (Å²) in [5.74, 6) is 0.117. The average molecular weight is 345 g/mol. The number of hydrogen-bond donors (Lipinski definition) is 0. The summed E-state index contributed by atoms with van der Waals surface area (Å²) in [5, 5.41) is 0. The van der Waals surface area contributed by atoms with E-state index in [1.807, 2.05) is 4.90 Å². The molecule has 1 spiro atoms. The van der Waals surface area contributed by atoms with Crippen molar-refractivity contribution in [3.8, 4) is 0 Å². The number of carbonyl (C=O) groups excluding carboxylic acids is 1. The Labute approximate surface area is 151 Å². The number of hydrogen-bond acceptors (Lipinski definition) is 4. The summed E-state index contributed by atoms with van der Waals surface area (Å²) < 4.78 is 6.27. The highest BCUT2D eigenvalue weighted by Crippen LogP contribution is 2.37. The van der Waals surface area contributed by atoms with Crippen molar-refractivity contribution >= 4 is 5.91 Å². The summed E-state index contributed by atoms with van der Waals surface area (Å²) in [6.45, 7) is 10.3. The van der Waals surface area contributed by atoms with Crippen LogP contribution in [-0.4, -0.2) is 64.6 Å². The van der Waals surface area contributed by atoms with Crippen molar-refractivity contribution in [2.75, 3.05) is 26.2 Å². The van der Waals surface area contributed by atoms with Gasteiger partial charge >= 0.3 is 0 Å². The first-order chi connectivity index (χ1) is 12.0. The van der Waals surface area contributed by atoms with Gasteiger partial charge in [0.1, 0.15) is 0 Å². The highest BCUT2D eigenvalue weighted by Gasteiger charge is 2.42. The van der Waals surface area contributed by atoms with Crippen LogP contribution in [0, 0.1) is 0 Å². The van der Waals surface area contributed by atoms with Gasteiger partial charge in [0, 0.05) is 56.3 Å². The van der Waals surface area contributed by atoms with Crippen molar-refractivity contribution in [1.29, 1.82) is 0 Å². The Hall–Kier alpha value is -1.46. The molecule has 1 aromatic heterocycles. The summed E-state index contributed by atoms with van der Waals surface area (Å²) in [6, 6.07) is 4.48. The highest BCUT2D eigenvalue weighted by molar-refractivity contribution is 5.94. The van der Waals surface area contributed by atoms with Gasteiger partial charge in [0.05, 0.1) is 5.60 Å². The van der Waals surface area contributed by atoms with Crippen LogP contribution in [0.2, 0.25) is 0 Å². The largest absolute Gasteiger partial charge is 0.375 e. The van der Waals surface area contributed by atoms with Crippen molar-refractivity contribution < 1.29 is 9.53 Å². The minimum absolute atomic E-state index is 0.0414. The van der Waals surface area contributed by atoms with Crippen LogP contribution >= 0.6 is 0 Å². The third-order valence-electron chi connectivity index (χ3n) is 5.88. The second-order valence-corrected chi connectivity index (χ2v) is 7.63. The molecule has 3 heterocycles. The highest BCUT2D eigenvalue weighted by atomic mass is 16.5. The van der Waals surface area contributed by atoms with Crippen molar-refractivity contribution in [2.45, 2.75) is 64.1 Å². The summed E-state index contributed by atoms with van der Waals surface area (Å²) in [5.41, 5.74) is 0.687. The lowest BCUT2D eigenvalue weighted by molar-refractivity contribution is -0.131. The van der Waals surface area contributed by atoms with Gasteiger partial charge in [-0.25, -0.2) is 0 Å². The molecule has 0 N–H and O–H groups in total. The Balaban J connectivity index is 1.69. The Kier molecular flexibility index (Phi) is 5.74. The fourth-order valence-electron chi connectivity index (χ4n) is 4.29. The topological polar surface area (TPSA) is 45.7 Å². The lowest BCUT2D eigenvalue weighted by atomic mass is 9.81. The third-order valence-corrected chi connectivity index (χ3v) is 5.88. The van der Waals surface area contributed by atoms with E-state index in [0.29, 0.717) is 6.04 Å². The van der Waals surface area contributed by atoms with E-state index in [1.54, 1.807) is 24.5 Å². The van der Waals surface area contributed by atoms with Crippen molar-refractivity contribution in [1.82, 2.24) is 14.8 Å². The van der Waals surface area contributed by atoms with Crippen LogP contribution < -0.4 is 0 Å². The number of amides is 1. The lowest BCUT2D eigenvalue weighted by Gasteiger charge is -2.49. The van der Waals surface area contributed by atoms with E-state index in [-0.39, 0.29) is 17.6 Å². The third kappa shape index (κ3) is 4.04. The Morgan fingerprint density at radius 3 is 2.64 bits per heavy atom. The van der Waals surface area contributed by atoms with Crippen LogP contribution in [0.5, 0.6) is 0 Å². The van der Waals surface area contributed by atoms with E-state index in [0.717, 1.165) is 57.5 Å². The van der Waals surface area contributed by atoms with Gasteiger partial charge in [0.15, 0.2) is 0 Å². The second kappa shape index (κ2) is 7.83. The van der Waals surface area contributed by atoms with Gasteiger partial charge in [-0.05, 0) is 58.6 Å². The van der Waals surface area contributed by atoms with Crippen LogP contribution in [0.3, 0.4) is 0 Å². The molecular formula is C20H31N3O2. The monoisotopic (exact) mass is 345 g/mol. The molecule has 2 aliphatic rings. The molecule has 3 rings (SSSR count). The van der Waals surface area contributed by atoms with Crippen LogP contribution in [-0.2, 0) is 4.74 Å². The fourth-order valence-corrected chi connectivity index (χ4v) is 4.29. The van der Waals surface area contributed by atoms with Gasteiger partial charge in [-0.15, -0.1) is 0 Å². The van der Waals surface area contributed by atoms with Crippen LogP contribution in [0.4, 0.5) is 0 Å². The molecule has 138 valence electrons. The van der Waals surface area contributed by atoms with E-state index in [1.165, 1.54) is 0 Å². The second-order valence-electron chi connectivity index (χ2n) is 7.63. The minimum Gasteiger partial charge on any atom is -0.375 e. The summed E-state index contributed by atoms with van der Waals surface area (Å²) in [4.78, 5) is 21.5. The van der Waals surface area contributed by atoms with E-state index in [9.17, 15) is 4.79 Å². The number of rotatable bonds is 4. The summed E-state index contributed by atoms with van der Waals surface area (Å²) >= 11 is 0. The van der Waals surface area contributed by atoms with E-state index >= 15 is 0 Å². The molecular weight excluding hydrogens is 314 g/mol. The van der Waals surface area contributed by atoms with Gasteiger partial charge in [0.25, 0.3) is 5.91 Å². The molecule has 2 saturated heterocycles. The van der Waals surface area contributed by atoms with Crippen LogP contribution in [0.15, 0.2) is 24.5 Å². The number of carbonyl (C=O) groups is 1. The first-order valence-corrected chi connectivity index (χ1v) is 9.63. The normalized spacial score (nSPS) is 23.8. The molecule has 1 aromatic rings. The molecule has 5 heteroatoms. The zero-order valence-electron chi connectivity index (χ0n) is 15.8. The minimum atomic E-state index is -0.0414. The van der Waals surface area contributed by atoms with Gasteiger partial charge in [-0.2, -0.15) is 0 Å². The van der Waals surface area contributed by atoms with E-state index in [4.69, 9.17) is 4.74 Å². The maximum atomic E-state index is 12.9. The van der Waals surface area contributed by atoms with Crippen molar-refractivity contribution in [2.24, 2.45) is 0 Å². The van der Waals surface area contributed by atoms with E-state index < -0.39 is 0 Å². The van der Waals surface area contributed by atoms with Crippen LogP contribution in [0.25, 0.3) is 0 Å². The number of pyridine rings is 1. The lowest BCUT2D eigenvalue weighted by Crippen LogP contribution is -2.55. The SMILES string of the molecule is CCN(C(=O)c1ccncc1)[C@H]1CCOC2(CCN(C(C)C)CC2)C1. The standard InChI is InChI=1S/C20H31N3O2/c1-4-23(19(24)17-5-10-21-11-6-17)18-7-14-25-20(15-18)8-12-22(13-9-20)16(2)3/h5-6,10-11,16,18H,4,7-9,12-15H2,1-3H3/t18-/m0/s1. The van der Waals surface area contributed by atoms with Crippen LogP contribution in [0.1, 0.15) is 56.8 Å². The van der Waals surface area contributed by atoms with Gasteiger partial charge in [-0.1, -0.05) is 0 Å². The molecule has 0 radical (unpaired) electrons. The molecule has 2 aliphatic heterocycles. The van der Waals surface area contributed by atoms with E-state index in [2.05, 4.69) is 30.7 Å². The molecule has 0 saturated carbocycles. The molecule has 2 fully saturated rings. The zero-order valence-corrected chi connectivity index (χ0v) is 15.8. The average Bonchev–Trinajstić information content (AvgIpc) is 2.63. The zero-order chi connectivity index (χ0) is 17.9. The van der Waals surface area contributed by atoms with Crippen molar-refractivity contribution in [3.05, 3.63) is 30.1 Å². The molecule has 0 aliphatic carbocycles. The van der Waals surface area contributed by atoms with Gasteiger partial charge in [0.2, 0.25) is 0 Å². The number of nitrogens with zero attached hydrogens (tertiary/aromatic N) is 3. The maximum Gasteiger partial charge on any atom is 0.254 e. The number of aromatic nitrogens is 1. The van der Waals surface area contributed by atoms with Gasteiger partial charge < -0.3 is 14.5 Å². The molecule has 1 amide bonds. The predicted molar refractivity (Wildman–Crippen MR) is 98.6 cm³/mol. The Bertz CT molecular complexity index is 568. The van der Waals surface area contributed by atoms with Crippen molar-refractivity contribution in [3.63, 3.8) is 0 Å². The van der Waals surface area contributed by atoms with Gasteiger partial charge in [-0.3, -0.25) is 9.78 Å². The molecule has 0 unspecified atom stereocenters. The molecule has 5 nitrogen and oxygen atoms in total. The summed E-state index contributed by atoms with van der Waals surface area (Å²) in [7, 11) is 0. The Morgan fingerprint density at radius 2 is 2.04 bits per heavy atom. The molecule has 1 atom stereocenters. The maximum absolute atomic E-state index is 12.9. The first kappa shape index (κ1) is 18.3. The molecule has 25 heavy (non-hydrogen) atoms. The quantitative estimate of drug-likeness (QED) is 0.842. The number of ether oxygens (including phenoxy) is 1. The summed E-state index contributed by atoms with van der Waals surface area (Å²) in [6.07, 6.45) is 7.41. The fraction of sp³-hybridized carbons (Fsp3) is 0.700. The predicted octanol–water partition coefficient (Wildman–Crippen LogP) is 2.97. The molecule has 0 aromatic carbocycles. The smallest absolute Gasteiger partial charge is 0.254 e. The first-order valence-electron chi connectivity index (χ1n) is 9.63. The number of likely N-dealkylation sites (tertiary alicyclic amines) is 1. The molecule has 0 bridgehead atoms. The number of piperidine rings is 1.